The molecule has 2 aromatic carbocycles. The van der Waals surface area contributed by atoms with Crippen molar-refractivity contribution in [1.29, 1.82) is 0 Å². The highest BCUT2D eigenvalue weighted by Gasteiger charge is 2.35. The zero-order chi connectivity index (χ0) is 19.0. The molecule has 0 saturated carbocycles. The summed E-state index contributed by atoms with van der Waals surface area (Å²) in [5.41, 5.74) is 2.68. The summed E-state index contributed by atoms with van der Waals surface area (Å²) in [7, 11) is 0. The van der Waals surface area contributed by atoms with Gasteiger partial charge < -0.3 is 15.0 Å². The molecule has 0 unspecified atom stereocenters. The second-order valence-corrected chi connectivity index (χ2v) is 6.99. The Morgan fingerprint density at radius 1 is 1.30 bits per heavy atom. The second-order valence-electron chi connectivity index (χ2n) is 6.99. The van der Waals surface area contributed by atoms with Gasteiger partial charge in [-0.25, -0.2) is 0 Å². The maximum absolute atomic E-state index is 13.2. The summed E-state index contributed by atoms with van der Waals surface area (Å²) in [6.45, 7) is 2.87. The summed E-state index contributed by atoms with van der Waals surface area (Å²) < 4.78 is 5.73. The molecule has 2 aromatic rings. The summed E-state index contributed by atoms with van der Waals surface area (Å²) in [5, 5.41) is 14.7. The quantitative estimate of drug-likeness (QED) is 0.659. The summed E-state index contributed by atoms with van der Waals surface area (Å²) in [6.07, 6.45) is 1.41. The second kappa shape index (κ2) is 7.00. The predicted molar refractivity (Wildman–Crippen MR) is 101 cm³/mol. The Morgan fingerprint density at radius 2 is 2.11 bits per heavy atom. The first-order chi connectivity index (χ1) is 13.0. The minimum Gasteiger partial charge on any atom is -0.376 e. The Morgan fingerprint density at radius 3 is 2.85 bits per heavy atom. The standard InChI is InChI=1S/C20H21N3O4/c1-13-8-9-14(11-18(13)23(25)26)19-21-17-7-3-2-6-16(17)20(24)22(19)12-15-5-4-10-27-15/h2-3,6-9,11,15,19,21H,4-5,10,12H2,1H3/t15-,19-/m1/s1. The van der Waals surface area contributed by atoms with Gasteiger partial charge in [-0.3, -0.25) is 14.9 Å². The number of amides is 1. The average Bonchev–Trinajstić information content (AvgIpc) is 3.17. The highest BCUT2D eigenvalue weighted by molar-refractivity contribution is 6.01. The number of hydrogen-bond acceptors (Lipinski definition) is 5. The highest BCUT2D eigenvalue weighted by atomic mass is 16.6. The van der Waals surface area contributed by atoms with Gasteiger partial charge in [0.25, 0.3) is 11.6 Å². The number of nitrogens with one attached hydrogen (secondary N) is 1. The Kier molecular flexibility index (Phi) is 4.53. The van der Waals surface area contributed by atoms with Crippen LogP contribution in [0.1, 0.15) is 40.5 Å². The van der Waals surface area contributed by atoms with E-state index in [-0.39, 0.29) is 22.6 Å². The van der Waals surface area contributed by atoms with Gasteiger partial charge in [-0.05, 0) is 31.9 Å². The SMILES string of the molecule is Cc1ccc([C@@H]2Nc3ccccc3C(=O)N2C[C@H]2CCCO2)cc1[N+](=O)[O-]. The number of anilines is 1. The average molecular weight is 367 g/mol. The van der Waals surface area contributed by atoms with Crippen LogP contribution in [0.3, 0.4) is 0 Å². The number of carbonyl (C=O) groups excluding carboxylic acids is 1. The first-order valence-electron chi connectivity index (χ1n) is 9.07. The summed E-state index contributed by atoms with van der Waals surface area (Å²) in [4.78, 5) is 25.9. The van der Waals surface area contributed by atoms with Gasteiger partial charge in [0.15, 0.2) is 0 Å². The normalized spacial score (nSPS) is 21.7. The van der Waals surface area contributed by atoms with Gasteiger partial charge in [-0.2, -0.15) is 0 Å². The molecule has 1 saturated heterocycles. The van der Waals surface area contributed by atoms with Gasteiger partial charge in [0.05, 0.1) is 16.6 Å². The maximum atomic E-state index is 13.2. The molecule has 140 valence electrons. The summed E-state index contributed by atoms with van der Waals surface area (Å²) in [5.74, 6) is -0.0897. The van der Waals surface area contributed by atoms with Crippen LogP contribution in [0.4, 0.5) is 11.4 Å². The molecule has 1 amide bonds. The molecule has 0 aliphatic carbocycles. The van der Waals surface area contributed by atoms with Crippen LogP contribution < -0.4 is 5.32 Å². The van der Waals surface area contributed by atoms with Crippen LogP contribution in [-0.2, 0) is 4.74 Å². The van der Waals surface area contributed by atoms with Gasteiger partial charge in [0.1, 0.15) is 6.17 Å². The van der Waals surface area contributed by atoms with Crippen molar-refractivity contribution in [3.8, 4) is 0 Å². The minimum absolute atomic E-state index is 0.0102. The van der Waals surface area contributed by atoms with E-state index in [1.54, 1.807) is 30.0 Å². The molecule has 0 aromatic heterocycles. The van der Waals surface area contributed by atoms with E-state index in [1.165, 1.54) is 0 Å². The van der Waals surface area contributed by atoms with E-state index >= 15 is 0 Å². The number of carbonyl (C=O) groups is 1. The third-order valence-electron chi connectivity index (χ3n) is 5.19. The largest absolute Gasteiger partial charge is 0.376 e. The smallest absolute Gasteiger partial charge is 0.272 e. The Hall–Kier alpha value is -2.93. The third-order valence-corrected chi connectivity index (χ3v) is 5.19. The van der Waals surface area contributed by atoms with Crippen molar-refractivity contribution in [2.45, 2.75) is 32.0 Å². The number of hydrogen-bond donors (Lipinski definition) is 1. The van der Waals surface area contributed by atoms with Crippen LogP contribution in [0.25, 0.3) is 0 Å². The zero-order valence-corrected chi connectivity index (χ0v) is 15.1. The number of nitro groups is 1. The number of benzene rings is 2. The fourth-order valence-electron chi connectivity index (χ4n) is 3.75. The molecule has 2 atom stereocenters. The fourth-order valence-corrected chi connectivity index (χ4v) is 3.75. The first kappa shape index (κ1) is 17.5. The molecule has 2 heterocycles. The van der Waals surface area contributed by atoms with Crippen molar-refractivity contribution >= 4 is 17.3 Å². The number of nitro benzene ring substituents is 1. The molecule has 0 radical (unpaired) electrons. The van der Waals surface area contributed by atoms with E-state index in [4.69, 9.17) is 4.74 Å². The number of ether oxygens (including phenoxy) is 1. The molecule has 1 N–H and O–H groups in total. The van der Waals surface area contributed by atoms with Crippen molar-refractivity contribution in [2.75, 3.05) is 18.5 Å². The fraction of sp³-hybridized carbons (Fsp3) is 0.350. The number of aryl methyl sites for hydroxylation is 1. The lowest BCUT2D eigenvalue weighted by Gasteiger charge is -2.39. The van der Waals surface area contributed by atoms with Crippen LogP contribution in [0.5, 0.6) is 0 Å². The van der Waals surface area contributed by atoms with Gasteiger partial charge in [-0.15, -0.1) is 0 Å². The molecule has 7 nitrogen and oxygen atoms in total. The molecular formula is C20H21N3O4. The Labute approximate surface area is 157 Å². The van der Waals surface area contributed by atoms with Gasteiger partial charge in [0, 0.05) is 36.0 Å². The topological polar surface area (TPSA) is 84.7 Å². The van der Waals surface area contributed by atoms with Crippen molar-refractivity contribution in [3.05, 3.63) is 69.3 Å². The number of fused-ring (bicyclic) bond motifs is 1. The Balaban J connectivity index is 1.74. The molecule has 0 spiro atoms. The van der Waals surface area contributed by atoms with Crippen molar-refractivity contribution in [3.63, 3.8) is 0 Å². The zero-order valence-electron chi connectivity index (χ0n) is 15.1. The highest BCUT2D eigenvalue weighted by Crippen LogP contribution is 2.35. The summed E-state index contributed by atoms with van der Waals surface area (Å²) >= 11 is 0. The van der Waals surface area contributed by atoms with Gasteiger partial charge in [0.2, 0.25) is 0 Å². The van der Waals surface area contributed by atoms with E-state index in [0.29, 0.717) is 29.8 Å². The molecule has 27 heavy (non-hydrogen) atoms. The number of para-hydroxylation sites is 1. The molecule has 0 bridgehead atoms. The maximum Gasteiger partial charge on any atom is 0.272 e. The van der Waals surface area contributed by atoms with E-state index in [0.717, 1.165) is 18.5 Å². The molecule has 2 aliphatic heterocycles. The molecule has 4 rings (SSSR count). The van der Waals surface area contributed by atoms with E-state index < -0.39 is 6.17 Å². The lowest BCUT2D eigenvalue weighted by atomic mass is 10.0. The minimum atomic E-state index is -0.476. The molecule has 2 aliphatic rings. The van der Waals surface area contributed by atoms with Crippen LogP contribution in [0.15, 0.2) is 42.5 Å². The van der Waals surface area contributed by atoms with Crippen molar-refractivity contribution < 1.29 is 14.5 Å². The van der Waals surface area contributed by atoms with Crippen molar-refractivity contribution in [1.82, 2.24) is 4.90 Å². The molecular weight excluding hydrogens is 346 g/mol. The van der Waals surface area contributed by atoms with E-state index in [2.05, 4.69) is 5.32 Å². The lowest BCUT2D eigenvalue weighted by molar-refractivity contribution is -0.385. The van der Waals surface area contributed by atoms with Gasteiger partial charge in [-0.1, -0.05) is 24.3 Å². The third kappa shape index (κ3) is 3.26. The first-order valence-corrected chi connectivity index (χ1v) is 9.07. The number of nitrogens with zero attached hydrogens (tertiary/aromatic N) is 2. The van der Waals surface area contributed by atoms with Crippen LogP contribution in [0, 0.1) is 17.0 Å². The summed E-state index contributed by atoms with van der Waals surface area (Å²) in [6, 6.07) is 12.5. The predicted octanol–water partition coefficient (Wildman–Crippen LogP) is 3.65. The van der Waals surface area contributed by atoms with Gasteiger partial charge >= 0.3 is 0 Å². The molecule has 7 heteroatoms. The van der Waals surface area contributed by atoms with E-state index in [9.17, 15) is 14.9 Å². The van der Waals surface area contributed by atoms with Crippen LogP contribution in [-0.4, -0.2) is 35.0 Å². The monoisotopic (exact) mass is 367 g/mol. The van der Waals surface area contributed by atoms with Crippen molar-refractivity contribution in [2.24, 2.45) is 0 Å². The Bertz CT molecular complexity index is 893. The van der Waals surface area contributed by atoms with Crippen LogP contribution >= 0.6 is 0 Å². The van der Waals surface area contributed by atoms with Crippen LogP contribution in [0.2, 0.25) is 0 Å². The number of rotatable bonds is 4. The molecule has 1 fully saturated rings. The lowest BCUT2D eigenvalue weighted by Crippen LogP contribution is -2.46. The van der Waals surface area contributed by atoms with E-state index in [1.807, 2.05) is 24.3 Å².